The first-order chi connectivity index (χ1) is 13.8. The van der Waals surface area contributed by atoms with E-state index in [1.54, 1.807) is 28.4 Å². The summed E-state index contributed by atoms with van der Waals surface area (Å²) in [7, 11) is 0. The first kappa shape index (κ1) is 23.3. The standard InChI is InChI=1S/C17H18F6N4O3/c18-16(19,20)13(29)25-9-15(26-14(30)17(21,22)23)5-7-27(8-6-15)11-4-2-1-3-10(11)12(24)28/h1-4H,5-9H2,(H2,24,28)(H,25,29)(H,26,30). The van der Waals surface area contributed by atoms with Crippen LogP contribution in [-0.2, 0) is 9.59 Å². The number of alkyl halides is 6. The van der Waals surface area contributed by atoms with E-state index in [9.17, 15) is 40.7 Å². The molecule has 1 heterocycles. The number of hydrogen-bond donors (Lipinski definition) is 3. The maximum atomic E-state index is 12.7. The van der Waals surface area contributed by atoms with Gasteiger partial charge in [-0.1, -0.05) is 12.1 Å². The van der Waals surface area contributed by atoms with Crippen LogP contribution in [0.3, 0.4) is 0 Å². The summed E-state index contributed by atoms with van der Waals surface area (Å²) in [6.07, 6.45) is -10.9. The van der Waals surface area contributed by atoms with Crippen molar-refractivity contribution in [1.82, 2.24) is 10.6 Å². The van der Waals surface area contributed by atoms with Crippen LogP contribution in [0, 0.1) is 0 Å². The van der Waals surface area contributed by atoms with Gasteiger partial charge in [0, 0.05) is 25.3 Å². The number of amides is 3. The van der Waals surface area contributed by atoms with Gasteiger partial charge < -0.3 is 21.3 Å². The summed E-state index contributed by atoms with van der Waals surface area (Å²) in [6.45, 7) is -0.868. The second-order valence-corrected chi connectivity index (χ2v) is 6.78. The minimum atomic E-state index is -5.25. The van der Waals surface area contributed by atoms with Crippen molar-refractivity contribution >= 4 is 23.4 Å². The molecule has 4 N–H and O–H groups in total. The van der Waals surface area contributed by atoms with Crippen molar-refractivity contribution < 1.29 is 40.7 Å². The van der Waals surface area contributed by atoms with Crippen LogP contribution in [0.1, 0.15) is 23.2 Å². The SMILES string of the molecule is NC(=O)c1ccccc1N1CCC(CNC(=O)C(F)(F)F)(NC(=O)C(F)(F)F)CC1. The van der Waals surface area contributed by atoms with E-state index >= 15 is 0 Å². The number of para-hydroxylation sites is 1. The van der Waals surface area contributed by atoms with Gasteiger partial charge in [-0.3, -0.25) is 14.4 Å². The fraction of sp³-hybridized carbons (Fsp3) is 0.471. The maximum absolute atomic E-state index is 12.7. The number of anilines is 1. The van der Waals surface area contributed by atoms with Gasteiger partial charge in [0.25, 0.3) is 5.91 Å². The molecule has 0 radical (unpaired) electrons. The Morgan fingerprint density at radius 1 is 0.967 bits per heavy atom. The second kappa shape index (κ2) is 8.40. The molecule has 1 aliphatic rings. The lowest BCUT2D eigenvalue weighted by Crippen LogP contribution is -2.63. The molecule has 0 spiro atoms. The van der Waals surface area contributed by atoms with Crippen LogP contribution in [-0.4, -0.2) is 55.2 Å². The first-order valence-corrected chi connectivity index (χ1v) is 8.63. The maximum Gasteiger partial charge on any atom is 0.471 e. The van der Waals surface area contributed by atoms with E-state index in [1.807, 2.05) is 0 Å². The van der Waals surface area contributed by atoms with Gasteiger partial charge in [0.2, 0.25) is 0 Å². The van der Waals surface area contributed by atoms with E-state index in [-0.39, 0.29) is 31.5 Å². The number of halogens is 6. The fourth-order valence-electron chi connectivity index (χ4n) is 3.14. The number of carbonyl (C=O) groups is 3. The Bertz CT molecular complexity index is 816. The Hall–Kier alpha value is -2.99. The minimum Gasteiger partial charge on any atom is -0.371 e. The largest absolute Gasteiger partial charge is 0.471 e. The van der Waals surface area contributed by atoms with Crippen LogP contribution >= 0.6 is 0 Å². The van der Waals surface area contributed by atoms with Gasteiger partial charge in [0.15, 0.2) is 0 Å². The molecular formula is C17H18F6N4O3. The lowest BCUT2D eigenvalue weighted by Gasteiger charge is -2.43. The number of nitrogens with two attached hydrogens (primary N) is 1. The molecule has 1 aromatic carbocycles. The number of rotatable bonds is 5. The molecule has 0 bridgehead atoms. The zero-order valence-corrected chi connectivity index (χ0v) is 15.4. The summed E-state index contributed by atoms with van der Waals surface area (Å²) in [5, 5.41) is 3.26. The van der Waals surface area contributed by atoms with Crippen molar-refractivity contribution in [2.24, 2.45) is 5.73 Å². The predicted molar refractivity (Wildman–Crippen MR) is 92.4 cm³/mol. The van der Waals surface area contributed by atoms with Gasteiger partial charge >= 0.3 is 24.2 Å². The zero-order chi connectivity index (χ0) is 22.7. The highest BCUT2D eigenvalue weighted by atomic mass is 19.4. The molecule has 7 nitrogen and oxygen atoms in total. The molecule has 0 aromatic heterocycles. The Labute approximate surface area is 166 Å². The summed E-state index contributed by atoms with van der Waals surface area (Å²) in [4.78, 5) is 35.7. The molecule has 1 saturated heterocycles. The van der Waals surface area contributed by atoms with Gasteiger partial charge in [-0.25, -0.2) is 0 Å². The van der Waals surface area contributed by atoms with Gasteiger partial charge in [0.1, 0.15) is 0 Å². The molecule has 0 atom stereocenters. The number of hydrogen-bond acceptors (Lipinski definition) is 4. The molecule has 13 heteroatoms. The van der Waals surface area contributed by atoms with Crippen molar-refractivity contribution in [3.63, 3.8) is 0 Å². The minimum absolute atomic E-state index is 0.00960. The molecule has 1 fully saturated rings. The topological polar surface area (TPSA) is 105 Å². The summed E-state index contributed by atoms with van der Waals surface area (Å²) in [5.74, 6) is -5.38. The highest BCUT2D eigenvalue weighted by Gasteiger charge is 2.47. The Balaban J connectivity index is 2.21. The smallest absolute Gasteiger partial charge is 0.371 e. The van der Waals surface area contributed by atoms with E-state index in [0.29, 0.717) is 5.69 Å². The number of nitrogens with one attached hydrogen (secondary N) is 2. The van der Waals surface area contributed by atoms with E-state index in [2.05, 4.69) is 0 Å². The molecule has 2 rings (SSSR count). The summed E-state index contributed by atoms with van der Waals surface area (Å²) in [6, 6.07) is 6.19. The van der Waals surface area contributed by atoms with Crippen molar-refractivity contribution in [2.45, 2.75) is 30.7 Å². The van der Waals surface area contributed by atoms with Crippen molar-refractivity contribution in [1.29, 1.82) is 0 Å². The number of piperidine rings is 1. The third-order valence-corrected chi connectivity index (χ3v) is 4.71. The lowest BCUT2D eigenvalue weighted by atomic mass is 9.86. The fourth-order valence-corrected chi connectivity index (χ4v) is 3.14. The molecule has 0 saturated carbocycles. The summed E-state index contributed by atoms with van der Waals surface area (Å²) >= 11 is 0. The number of primary amides is 1. The average molecular weight is 440 g/mol. The van der Waals surface area contributed by atoms with E-state index in [4.69, 9.17) is 5.73 Å². The van der Waals surface area contributed by atoms with E-state index < -0.39 is 42.2 Å². The number of nitrogens with zero attached hydrogens (tertiary/aromatic N) is 1. The monoisotopic (exact) mass is 440 g/mol. The number of benzene rings is 1. The van der Waals surface area contributed by atoms with Crippen LogP contribution in [0.25, 0.3) is 0 Å². The molecule has 1 aliphatic heterocycles. The molecule has 3 amide bonds. The Morgan fingerprint density at radius 3 is 2.00 bits per heavy atom. The van der Waals surface area contributed by atoms with E-state index in [0.717, 1.165) is 0 Å². The molecule has 30 heavy (non-hydrogen) atoms. The van der Waals surface area contributed by atoms with Gasteiger partial charge in [0.05, 0.1) is 11.1 Å². The Morgan fingerprint density at radius 2 is 1.50 bits per heavy atom. The highest BCUT2D eigenvalue weighted by molar-refractivity contribution is 5.98. The first-order valence-electron chi connectivity index (χ1n) is 8.63. The third kappa shape index (κ3) is 5.54. The summed E-state index contributed by atoms with van der Waals surface area (Å²) in [5.41, 5.74) is 4.11. The van der Waals surface area contributed by atoms with Crippen LogP contribution in [0.2, 0.25) is 0 Å². The van der Waals surface area contributed by atoms with Crippen molar-refractivity contribution in [3.8, 4) is 0 Å². The third-order valence-electron chi connectivity index (χ3n) is 4.71. The van der Waals surface area contributed by atoms with Gasteiger partial charge in [-0.05, 0) is 25.0 Å². The molecular weight excluding hydrogens is 422 g/mol. The number of carbonyl (C=O) groups excluding carboxylic acids is 3. The quantitative estimate of drug-likeness (QED) is 0.604. The molecule has 166 valence electrons. The van der Waals surface area contributed by atoms with Crippen molar-refractivity contribution in [2.75, 3.05) is 24.5 Å². The normalized spacial score (nSPS) is 16.7. The molecule has 1 aromatic rings. The van der Waals surface area contributed by atoms with Crippen molar-refractivity contribution in [3.05, 3.63) is 29.8 Å². The van der Waals surface area contributed by atoms with Crippen LogP contribution in [0.4, 0.5) is 32.0 Å². The van der Waals surface area contributed by atoms with Crippen LogP contribution in [0.5, 0.6) is 0 Å². The van der Waals surface area contributed by atoms with Gasteiger partial charge in [-0.15, -0.1) is 0 Å². The average Bonchev–Trinajstić information content (AvgIpc) is 2.65. The zero-order valence-electron chi connectivity index (χ0n) is 15.4. The summed E-state index contributed by atoms with van der Waals surface area (Å²) < 4.78 is 75.5. The van der Waals surface area contributed by atoms with Crippen LogP contribution < -0.4 is 21.3 Å². The Kier molecular flexibility index (Phi) is 6.52. The lowest BCUT2D eigenvalue weighted by molar-refractivity contribution is -0.177. The highest BCUT2D eigenvalue weighted by Crippen LogP contribution is 2.30. The second-order valence-electron chi connectivity index (χ2n) is 6.78. The molecule has 0 unspecified atom stereocenters. The van der Waals surface area contributed by atoms with E-state index in [1.165, 1.54) is 11.4 Å². The van der Waals surface area contributed by atoms with Crippen LogP contribution in [0.15, 0.2) is 24.3 Å². The predicted octanol–water partition coefficient (Wildman–Crippen LogP) is 1.48. The molecule has 0 aliphatic carbocycles. The van der Waals surface area contributed by atoms with Gasteiger partial charge in [-0.2, -0.15) is 26.3 Å².